The molecule has 0 saturated carbocycles. The quantitative estimate of drug-likeness (QED) is 0.735. The van der Waals surface area contributed by atoms with E-state index in [0.29, 0.717) is 10.6 Å². The second-order valence-corrected chi connectivity index (χ2v) is 5.50. The summed E-state index contributed by atoms with van der Waals surface area (Å²) < 4.78 is 0. The van der Waals surface area contributed by atoms with E-state index in [0.717, 1.165) is 11.1 Å². The highest BCUT2D eigenvalue weighted by Gasteiger charge is 2.17. The fourth-order valence-electron chi connectivity index (χ4n) is 1.90. The summed E-state index contributed by atoms with van der Waals surface area (Å²) in [5.74, 6) is -0.814. The standard InChI is InChI=1S/C16H15ClN2O2S/c17-13-7-5-11(6-8-13)10-1-3-12(4-2-10)16(21)19-14(9-22)15(18)20/h1-8,14,22H,9H2,(H2,18,20)(H,19,21)/t14-/m0/s1. The molecule has 3 N–H and O–H groups in total. The molecule has 4 nitrogen and oxygen atoms in total. The zero-order chi connectivity index (χ0) is 16.1. The van der Waals surface area contributed by atoms with Gasteiger partial charge in [-0.25, -0.2) is 0 Å². The molecule has 0 radical (unpaired) electrons. The predicted octanol–water partition coefficient (Wildman–Crippen LogP) is 2.52. The van der Waals surface area contributed by atoms with Gasteiger partial charge in [0.2, 0.25) is 5.91 Å². The first-order valence-corrected chi connectivity index (χ1v) is 7.59. The van der Waals surface area contributed by atoms with Gasteiger partial charge in [-0.15, -0.1) is 0 Å². The maximum absolute atomic E-state index is 12.0. The number of nitrogens with one attached hydrogen (secondary N) is 1. The normalized spacial score (nSPS) is 11.7. The zero-order valence-electron chi connectivity index (χ0n) is 11.6. The molecule has 114 valence electrons. The Morgan fingerprint density at radius 2 is 1.55 bits per heavy atom. The van der Waals surface area contributed by atoms with E-state index in [1.807, 2.05) is 36.4 Å². The van der Waals surface area contributed by atoms with Gasteiger partial charge in [-0.3, -0.25) is 9.59 Å². The molecule has 2 rings (SSSR count). The van der Waals surface area contributed by atoms with E-state index >= 15 is 0 Å². The Morgan fingerprint density at radius 3 is 2.00 bits per heavy atom. The van der Waals surface area contributed by atoms with Crippen LogP contribution in [-0.2, 0) is 4.79 Å². The highest BCUT2D eigenvalue weighted by atomic mass is 35.5. The number of benzene rings is 2. The van der Waals surface area contributed by atoms with E-state index in [9.17, 15) is 9.59 Å². The van der Waals surface area contributed by atoms with Crippen LogP contribution in [0.15, 0.2) is 48.5 Å². The highest BCUT2D eigenvalue weighted by molar-refractivity contribution is 7.80. The molecule has 0 saturated heterocycles. The Hall–Kier alpha value is -1.98. The molecule has 0 spiro atoms. The Morgan fingerprint density at radius 1 is 1.05 bits per heavy atom. The number of thiol groups is 1. The molecular formula is C16H15ClN2O2S. The molecule has 0 fully saturated rings. The van der Waals surface area contributed by atoms with Crippen LogP contribution in [0.25, 0.3) is 11.1 Å². The number of halogens is 1. The third-order valence-corrected chi connectivity index (χ3v) is 3.77. The summed E-state index contributed by atoms with van der Waals surface area (Å²) in [5.41, 5.74) is 7.59. The predicted molar refractivity (Wildman–Crippen MR) is 91.2 cm³/mol. The Balaban J connectivity index is 2.13. The number of carbonyl (C=O) groups excluding carboxylic acids is 2. The third-order valence-electron chi connectivity index (χ3n) is 3.16. The number of nitrogens with two attached hydrogens (primary N) is 1. The minimum absolute atomic E-state index is 0.157. The van der Waals surface area contributed by atoms with Gasteiger partial charge in [-0.1, -0.05) is 35.9 Å². The van der Waals surface area contributed by atoms with Crippen LogP contribution in [0.3, 0.4) is 0 Å². The fraction of sp³-hybridized carbons (Fsp3) is 0.125. The summed E-state index contributed by atoms with van der Waals surface area (Å²) in [4.78, 5) is 23.2. The van der Waals surface area contributed by atoms with Crippen molar-refractivity contribution in [2.75, 3.05) is 5.75 Å². The van der Waals surface area contributed by atoms with Crippen LogP contribution in [0.2, 0.25) is 5.02 Å². The summed E-state index contributed by atoms with van der Waals surface area (Å²) in [6, 6.07) is 13.7. The lowest BCUT2D eigenvalue weighted by Crippen LogP contribution is -2.45. The summed E-state index contributed by atoms with van der Waals surface area (Å²) in [6.07, 6.45) is 0. The van der Waals surface area contributed by atoms with Gasteiger partial charge in [0.25, 0.3) is 5.91 Å². The zero-order valence-corrected chi connectivity index (χ0v) is 13.3. The Bertz CT molecular complexity index is 672. The number of carbonyl (C=O) groups is 2. The molecule has 0 unspecified atom stereocenters. The van der Waals surface area contributed by atoms with Crippen molar-refractivity contribution in [3.8, 4) is 11.1 Å². The highest BCUT2D eigenvalue weighted by Crippen LogP contribution is 2.21. The van der Waals surface area contributed by atoms with Crippen molar-refractivity contribution in [1.29, 1.82) is 0 Å². The van der Waals surface area contributed by atoms with Gasteiger partial charge in [-0.05, 0) is 35.4 Å². The molecule has 0 aromatic heterocycles. The van der Waals surface area contributed by atoms with Crippen LogP contribution >= 0.6 is 24.2 Å². The molecule has 0 aliphatic carbocycles. The monoisotopic (exact) mass is 334 g/mol. The molecule has 0 heterocycles. The number of primary amides is 1. The van der Waals surface area contributed by atoms with Gasteiger partial charge in [0, 0.05) is 16.3 Å². The van der Waals surface area contributed by atoms with E-state index in [1.165, 1.54) is 0 Å². The van der Waals surface area contributed by atoms with Crippen LogP contribution in [0.1, 0.15) is 10.4 Å². The average molecular weight is 335 g/mol. The fourth-order valence-corrected chi connectivity index (χ4v) is 2.30. The first kappa shape index (κ1) is 16.4. The van der Waals surface area contributed by atoms with Crippen molar-refractivity contribution in [1.82, 2.24) is 5.32 Å². The number of rotatable bonds is 5. The van der Waals surface area contributed by atoms with Crippen molar-refractivity contribution in [2.24, 2.45) is 5.73 Å². The van der Waals surface area contributed by atoms with Gasteiger partial charge in [0.05, 0.1) is 0 Å². The molecule has 22 heavy (non-hydrogen) atoms. The van der Waals surface area contributed by atoms with Gasteiger partial charge >= 0.3 is 0 Å². The van der Waals surface area contributed by atoms with Crippen molar-refractivity contribution in [3.63, 3.8) is 0 Å². The number of amides is 2. The topological polar surface area (TPSA) is 72.2 Å². The van der Waals surface area contributed by atoms with Crippen LogP contribution in [0.5, 0.6) is 0 Å². The Kier molecular flexibility index (Phi) is 5.46. The van der Waals surface area contributed by atoms with Crippen molar-refractivity contribution < 1.29 is 9.59 Å². The lowest BCUT2D eigenvalue weighted by atomic mass is 10.0. The van der Waals surface area contributed by atoms with Gasteiger partial charge in [0.15, 0.2) is 0 Å². The van der Waals surface area contributed by atoms with Crippen LogP contribution in [0, 0.1) is 0 Å². The summed E-state index contributed by atoms with van der Waals surface area (Å²) in [5, 5.41) is 3.21. The SMILES string of the molecule is NC(=O)[C@H](CS)NC(=O)c1ccc(-c2ccc(Cl)cc2)cc1. The molecule has 2 aromatic rings. The van der Waals surface area contributed by atoms with Crippen LogP contribution < -0.4 is 11.1 Å². The van der Waals surface area contributed by atoms with Gasteiger partial charge < -0.3 is 11.1 Å². The minimum atomic E-state index is -0.785. The van der Waals surface area contributed by atoms with E-state index in [-0.39, 0.29) is 11.7 Å². The summed E-state index contributed by atoms with van der Waals surface area (Å²) >= 11 is 9.84. The Labute approximate surface area is 139 Å². The van der Waals surface area contributed by atoms with Gasteiger partial charge in [0.1, 0.15) is 6.04 Å². The second kappa shape index (κ2) is 7.33. The molecule has 2 amide bonds. The first-order chi connectivity index (χ1) is 10.5. The molecule has 0 bridgehead atoms. The minimum Gasteiger partial charge on any atom is -0.368 e. The molecule has 0 aliphatic rings. The smallest absolute Gasteiger partial charge is 0.251 e. The average Bonchev–Trinajstić information content (AvgIpc) is 2.53. The van der Waals surface area contributed by atoms with E-state index < -0.39 is 11.9 Å². The lowest BCUT2D eigenvalue weighted by Gasteiger charge is -2.13. The maximum atomic E-state index is 12.0. The van der Waals surface area contributed by atoms with Crippen molar-refractivity contribution in [2.45, 2.75) is 6.04 Å². The number of hydrogen-bond acceptors (Lipinski definition) is 3. The van der Waals surface area contributed by atoms with E-state index in [1.54, 1.807) is 12.1 Å². The summed E-state index contributed by atoms with van der Waals surface area (Å²) in [6.45, 7) is 0. The molecule has 2 aromatic carbocycles. The van der Waals surface area contributed by atoms with Crippen LogP contribution in [0.4, 0.5) is 0 Å². The molecule has 1 atom stereocenters. The second-order valence-electron chi connectivity index (χ2n) is 4.70. The molecule has 6 heteroatoms. The largest absolute Gasteiger partial charge is 0.368 e. The first-order valence-electron chi connectivity index (χ1n) is 6.58. The van der Waals surface area contributed by atoms with E-state index in [4.69, 9.17) is 17.3 Å². The molecule has 0 aliphatic heterocycles. The summed E-state index contributed by atoms with van der Waals surface area (Å²) in [7, 11) is 0. The molecular weight excluding hydrogens is 320 g/mol. The lowest BCUT2D eigenvalue weighted by molar-refractivity contribution is -0.119. The van der Waals surface area contributed by atoms with Crippen LogP contribution in [-0.4, -0.2) is 23.6 Å². The maximum Gasteiger partial charge on any atom is 0.251 e. The third kappa shape index (κ3) is 4.02. The van der Waals surface area contributed by atoms with Gasteiger partial charge in [-0.2, -0.15) is 12.6 Å². The number of hydrogen-bond donors (Lipinski definition) is 3. The van der Waals surface area contributed by atoms with Crippen molar-refractivity contribution >= 4 is 36.0 Å². The van der Waals surface area contributed by atoms with Crippen molar-refractivity contribution in [3.05, 3.63) is 59.1 Å². The van der Waals surface area contributed by atoms with E-state index in [2.05, 4.69) is 17.9 Å².